The third-order valence-corrected chi connectivity index (χ3v) is 2.30. The van der Waals surface area contributed by atoms with Gasteiger partial charge in [-0.25, -0.2) is 0 Å². The minimum absolute atomic E-state index is 0.333. The first-order chi connectivity index (χ1) is 7.17. The molecule has 0 aliphatic rings. The highest BCUT2D eigenvalue weighted by molar-refractivity contribution is 5.68. The number of carboxylic acid groups (broad SMARTS) is 1. The van der Waals surface area contributed by atoms with Crippen LogP contribution in [0.25, 0.3) is 0 Å². The first kappa shape index (κ1) is 11.5. The van der Waals surface area contributed by atoms with E-state index in [1.165, 1.54) is 0 Å². The van der Waals surface area contributed by atoms with Gasteiger partial charge in [0.1, 0.15) is 5.75 Å². The maximum Gasteiger partial charge on any atom is 0.119 e. The number of carboxylic acids is 1. The lowest BCUT2D eigenvalue weighted by Gasteiger charge is -2.14. The minimum atomic E-state index is -1.05. The topological polar surface area (TPSA) is 77.0 Å². The second-order valence-electron chi connectivity index (χ2n) is 3.36. The van der Waals surface area contributed by atoms with E-state index in [4.69, 9.17) is 4.74 Å². The van der Waals surface area contributed by atoms with Crippen molar-refractivity contribution in [1.29, 1.82) is 0 Å². The lowest BCUT2D eigenvalue weighted by molar-refractivity contribution is -0.387. The van der Waals surface area contributed by atoms with Gasteiger partial charge in [-0.15, -0.1) is 0 Å². The number of hydrogen-bond acceptors (Lipinski definition) is 3. The summed E-state index contributed by atoms with van der Waals surface area (Å²) in [5.41, 5.74) is 4.52. The van der Waals surface area contributed by atoms with Crippen LogP contribution in [-0.2, 0) is 11.2 Å². The average molecular weight is 209 g/mol. The summed E-state index contributed by atoms with van der Waals surface area (Å²) in [6, 6.07) is 7.35. The molecule has 0 heterocycles. The van der Waals surface area contributed by atoms with Gasteiger partial charge in [-0.2, -0.15) is 0 Å². The van der Waals surface area contributed by atoms with E-state index in [9.17, 15) is 9.90 Å². The zero-order valence-electron chi connectivity index (χ0n) is 8.73. The Morgan fingerprint density at radius 2 is 2.33 bits per heavy atom. The molecule has 0 saturated carbocycles. The van der Waals surface area contributed by atoms with Crippen LogP contribution in [0, 0.1) is 5.92 Å². The molecule has 82 valence electrons. The Kier molecular flexibility index (Phi) is 4.12. The molecule has 0 fully saturated rings. The highest BCUT2D eigenvalue weighted by Crippen LogP contribution is 2.15. The molecule has 1 aromatic rings. The summed E-state index contributed by atoms with van der Waals surface area (Å²) in [6.07, 6.45) is 0.434. The fraction of sp³-hybridized carbons (Fsp3) is 0.364. The zero-order chi connectivity index (χ0) is 11.3. The molecule has 0 bridgehead atoms. The van der Waals surface area contributed by atoms with Crippen LogP contribution in [-0.4, -0.2) is 19.6 Å². The molecule has 0 saturated heterocycles. The molecule has 0 aromatic heterocycles. The van der Waals surface area contributed by atoms with Crippen LogP contribution < -0.4 is 15.6 Å². The molecule has 3 N–H and O–H groups in total. The van der Waals surface area contributed by atoms with Gasteiger partial charge >= 0.3 is 0 Å². The smallest absolute Gasteiger partial charge is 0.119 e. The van der Waals surface area contributed by atoms with Gasteiger partial charge in [0.25, 0.3) is 0 Å². The van der Waals surface area contributed by atoms with Crippen LogP contribution in [0.4, 0.5) is 0 Å². The van der Waals surface area contributed by atoms with E-state index in [0.717, 1.165) is 11.3 Å². The van der Waals surface area contributed by atoms with E-state index < -0.39 is 11.9 Å². The van der Waals surface area contributed by atoms with Crippen LogP contribution in [0.3, 0.4) is 0 Å². The number of carbonyl (C=O) groups excluding carboxylic acids is 1. The van der Waals surface area contributed by atoms with Gasteiger partial charge in [0, 0.05) is 0 Å². The highest BCUT2D eigenvalue weighted by atomic mass is 16.5. The fourth-order valence-electron chi connectivity index (χ4n) is 1.39. The molecule has 0 unspecified atom stereocenters. The van der Waals surface area contributed by atoms with Crippen LogP contribution in [0.15, 0.2) is 24.3 Å². The number of carbonyl (C=O) groups is 1. The molecule has 15 heavy (non-hydrogen) atoms. The molecule has 1 atom stereocenters. The predicted molar refractivity (Wildman–Crippen MR) is 53.0 cm³/mol. The van der Waals surface area contributed by atoms with Crippen molar-refractivity contribution in [3.8, 4) is 5.75 Å². The molecule has 4 nitrogen and oxygen atoms in total. The Bertz CT molecular complexity index is 338. The van der Waals surface area contributed by atoms with Gasteiger partial charge in [-0.05, 0) is 24.1 Å². The fourth-order valence-corrected chi connectivity index (χ4v) is 1.39. The van der Waals surface area contributed by atoms with Gasteiger partial charge in [0.05, 0.1) is 25.5 Å². The van der Waals surface area contributed by atoms with Crippen molar-refractivity contribution in [2.75, 3.05) is 13.7 Å². The van der Waals surface area contributed by atoms with E-state index in [-0.39, 0.29) is 0 Å². The van der Waals surface area contributed by atoms with Crippen LogP contribution in [0.1, 0.15) is 5.56 Å². The van der Waals surface area contributed by atoms with Gasteiger partial charge in [-0.1, -0.05) is 12.1 Å². The number of benzene rings is 1. The standard InChI is InChI=1S/C11H15NO3/c1-15-10-4-2-3-8(6-10)5-9(7-12)11(13)14/h2-4,6,9H,5,7,12H2,1H3,(H,13,14)/t9-/m0/s1. The molecular formula is C11H15NO3. The maximum absolute atomic E-state index is 10.7. The van der Waals surface area contributed by atoms with Crippen molar-refractivity contribution in [1.82, 2.24) is 0 Å². The SMILES string of the molecule is COc1cccc(C[C@@H](C[NH3+])C(=O)[O-])c1. The summed E-state index contributed by atoms with van der Waals surface area (Å²) in [5.74, 6) is -0.849. The average Bonchev–Trinajstić information content (AvgIpc) is 2.25. The summed E-state index contributed by atoms with van der Waals surface area (Å²) in [6.45, 7) is 0.333. The van der Waals surface area contributed by atoms with E-state index in [1.54, 1.807) is 7.11 Å². The molecule has 1 aromatic carbocycles. The van der Waals surface area contributed by atoms with Crippen molar-refractivity contribution in [2.45, 2.75) is 6.42 Å². The van der Waals surface area contributed by atoms with E-state index in [1.807, 2.05) is 24.3 Å². The summed E-state index contributed by atoms with van der Waals surface area (Å²) in [5, 5.41) is 10.7. The minimum Gasteiger partial charge on any atom is -0.550 e. The normalized spacial score (nSPS) is 12.1. The second-order valence-corrected chi connectivity index (χ2v) is 3.36. The van der Waals surface area contributed by atoms with Crippen molar-refractivity contribution < 1.29 is 20.4 Å². The summed E-state index contributed by atoms with van der Waals surface area (Å²) < 4.78 is 5.05. The van der Waals surface area contributed by atoms with Gasteiger partial charge in [0.2, 0.25) is 0 Å². The molecule has 0 spiro atoms. The first-order valence-electron chi connectivity index (χ1n) is 4.80. The molecule has 4 heteroatoms. The van der Waals surface area contributed by atoms with Crippen LogP contribution in [0.2, 0.25) is 0 Å². The zero-order valence-corrected chi connectivity index (χ0v) is 8.73. The van der Waals surface area contributed by atoms with Crippen molar-refractivity contribution in [2.24, 2.45) is 5.92 Å². The third-order valence-electron chi connectivity index (χ3n) is 2.30. The van der Waals surface area contributed by atoms with Crippen molar-refractivity contribution in [3.05, 3.63) is 29.8 Å². The van der Waals surface area contributed by atoms with E-state index in [0.29, 0.717) is 13.0 Å². The quantitative estimate of drug-likeness (QED) is 0.665. The number of rotatable bonds is 5. The summed E-state index contributed by atoms with van der Waals surface area (Å²) >= 11 is 0. The van der Waals surface area contributed by atoms with Gasteiger partial charge in [0.15, 0.2) is 0 Å². The molecule has 1 rings (SSSR count). The Hall–Kier alpha value is -1.55. The van der Waals surface area contributed by atoms with Gasteiger partial charge in [-0.3, -0.25) is 0 Å². The van der Waals surface area contributed by atoms with Crippen molar-refractivity contribution >= 4 is 5.97 Å². The van der Waals surface area contributed by atoms with E-state index in [2.05, 4.69) is 5.73 Å². The molecule has 0 aliphatic heterocycles. The lowest BCUT2D eigenvalue weighted by Crippen LogP contribution is -2.57. The Labute approximate surface area is 88.7 Å². The number of ether oxygens (including phenoxy) is 1. The molecule has 0 aliphatic carbocycles. The number of quaternary nitrogens is 1. The molecule has 0 radical (unpaired) electrons. The third kappa shape index (κ3) is 3.25. The largest absolute Gasteiger partial charge is 0.550 e. The number of methoxy groups -OCH3 is 1. The predicted octanol–water partition coefficient (Wildman–Crippen LogP) is -1.15. The number of hydrogen-bond donors (Lipinski definition) is 1. The Balaban J connectivity index is 2.74. The second kappa shape index (κ2) is 5.36. The lowest BCUT2D eigenvalue weighted by atomic mass is 9.99. The van der Waals surface area contributed by atoms with E-state index >= 15 is 0 Å². The molecular weight excluding hydrogens is 194 g/mol. The Morgan fingerprint density at radius 3 is 2.87 bits per heavy atom. The molecule has 0 amide bonds. The highest BCUT2D eigenvalue weighted by Gasteiger charge is 2.11. The summed E-state index contributed by atoms with van der Waals surface area (Å²) in [7, 11) is 1.58. The first-order valence-corrected chi connectivity index (χ1v) is 4.80. The summed E-state index contributed by atoms with van der Waals surface area (Å²) in [4.78, 5) is 10.7. The Morgan fingerprint density at radius 1 is 1.60 bits per heavy atom. The van der Waals surface area contributed by atoms with Crippen molar-refractivity contribution in [3.63, 3.8) is 0 Å². The van der Waals surface area contributed by atoms with Crippen LogP contribution in [0.5, 0.6) is 5.75 Å². The van der Waals surface area contributed by atoms with Gasteiger partial charge < -0.3 is 20.4 Å². The monoisotopic (exact) mass is 209 g/mol. The maximum atomic E-state index is 10.7. The van der Waals surface area contributed by atoms with Crippen LogP contribution >= 0.6 is 0 Å². The number of aliphatic carboxylic acids is 1.